The van der Waals surface area contributed by atoms with Crippen molar-refractivity contribution >= 4 is 5.91 Å². The van der Waals surface area contributed by atoms with E-state index in [0.29, 0.717) is 13.0 Å². The molecule has 0 bridgehead atoms. The molecule has 106 valence electrons. The molecule has 20 heavy (non-hydrogen) atoms. The van der Waals surface area contributed by atoms with Crippen LogP contribution in [-0.2, 0) is 17.8 Å². The van der Waals surface area contributed by atoms with Crippen molar-refractivity contribution in [1.82, 2.24) is 15.3 Å². The smallest absolute Gasteiger partial charge is 0.237 e. The molecular formula is C14H18N4O2. The maximum Gasteiger partial charge on any atom is 0.237 e. The van der Waals surface area contributed by atoms with Crippen LogP contribution in [0.5, 0.6) is 5.75 Å². The quantitative estimate of drug-likeness (QED) is 0.719. The standard InChI is InChI=1S/C14H18N4O2/c1-20-13-5-3-2-4-10(13)7-17-14(19)12(15)6-11-8-16-9-18-11/h2-5,8-9,12H,6-7,15H2,1H3,(H,16,18)(H,17,19)/t12-/m1/s1. The molecule has 0 fully saturated rings. The third-order valence-electron chi connectivity index (χ3n) is 2.98. The van der Waals surface area contributed by atoms with E-state index in [0.717, 1.165) is 17.0 Å². The zero-order valence-electron chi connectivity index (χ0n) is 11.3. The molecule has 2 rings (SSSR count). The van der Waals surface area contributed by atoms with Crippen LogP contribution in [0.4, 0.5) is 0 Å². The van der Waals surface area contributed by atoms with Gasteiger partial charge in [-0.1, -0.05) is 18.2 Å². The highest BCUT2D eigenvalue weighted by Gasteiger charge is 2.15. The second-order valence-corrected chi connectivity index (χ2v) is 4.42. The average molecular weight is 274 g/mol. The first-order valence-electron chi connectivity index (χ1n) is 6.33. The minimum Gasteiger partial charge on any atom is -0.496 e. The number of aromatic amines is 1. The van der Waals surface area contributed by atoms with Crippen molar-refractivity contribution in [3.63, 3.8) is 0 Å². The van der Waals surface area contributed by atoms with Crippen molar-refractivity contribution in [2.75, 3.05) is 7.11 Å². The number of H-pyrrole nitrogens is 1. The topological polar surface area (TPSA) is 93.0 Å². The number of hydrogen-bond acceptors (Lipinski definition) is 4. The van der Waals surface area contributed by atoms with E-state index < -0.39 is 6.04 Å². The maximum absolute atomic E-state index is 11.9. The highest BCUT2D eigenvalue weighted by molar-refractivity contribution is 5.81. The highest BCUT2D eigenvalue weighted by Crippen LogP contribution is 2.16. The first-order chi connectivity index (χ1) is 9.70. The number of imidazole rings is 1. The molecule has 1 heterocycles. The van der Waals surface area contributed by atoms with Gasteiger partial charge in [0.05, 0.1) is 19.5 Å². The van der Waals surface area contributed by atoms with Crippen LogP contribution in [0.1, 0.15) is 11.3 Å². The van der Waals surface area contributed by atoms with E-state index in [2.05, 4.69) is 15.3 Å². The SMILES string of the molecule is COc1ccccc1CNC(=O)[C@H](N)Cc1cnc[nH]1. The Morgan fingerprint density at radius 2 is 2.30 bits per heavy atom. The normalized spacial score (nSPS) is 11.9. The molecule has 0 aliphatic heterocycles. The lowest BCUT2D eigenvalue weighted by atomic mass is 10.1. The molecule has 6 heteroatoms. The van der Waals surface area contributed by atoms with Crippen LogP contribution in [0.2, 0.25) is 0 Å². The van der Waals surface area contributed by atoms with Gasteiger partial charge in [-0.15, -0.1) is 0 Å². The molecular weight excluding hydrogens is 256 g/mol. The summed E-state index contributed by atoms with van der Waals surface area (Å²) in [6, 6.07) is 6.93. The predicted octanol–water partition coefficient (Wildman–Crippen LogP) is 0.604. The Kier molecular flexibility index (Phi) is 4.73. The van der Waals surface area contributed by atoms with Crippen molar-refractivity contribution in [3.05, 3.63) is 48.0 Å². The van der Waals surface area contributed by atoms with Crippen LogP contribution in [0.3, 0.4) is 0 Å². The van der Waals surface area contributed by atoms with Crippen molar-refractivity contribution in [2.24, 2.45) is 5.73 Å². The number of nitrogens with zero attached hydrogens (tertiary/aromatic N) is 1. The van der Waals surface area contributed by atoms with Crippen LogP contribution >= 0.6 is 0 Å². The lowest BCUT2D eigenvalue weighted by molar-refractivity contribution is -0.122. The minimum absolute atomic E-state index is 0.203. The molecule has 1 atom stereocenters. The van der Waals surface area contributed by atoms with Gasteiger partial charge in [-0.05, 0) is 6.07 Å². The van der Waals surface area contributed by atoms with Gasteiger partial charge in [0, 0.05) is 30.4 Å². The van der Waals surface area contributed by atoms with Gasteiger partial charge < -0.3 is 20.8 Å². The number of aromatic nitrogens is 2. The van der Waals surface area contributed by atoms with Crippen molar-refractivity contribution < 1.29 is 9.53 Å². The third kappa shape index (κ3) is 3.58. The molecule has 0 saturated carbocycles. The Labute approximate surface area is 117 Å². The molecule has 1 aromatic carbocycles. The summed E-state index contributed by atoms with van der Waals surface area (Å²) in [7, 11) is 1.60. The molecule has 4 N–H and O–H groups in total. The molecule has 1 amide bonds. The summed E-state index contributed by atoms with van der Waals surface area (Å²) in [6.45, 7) is 0.388. The Balaban J connectivity index is 1.88. The molecule has 6 nitrogen and oxygen atoms in total. The predicted molar refractivity (Wildman–Crippen MR) is 75.1 cm³/mol. The summed E-state index contributed by atoms with van der Waals surface area (Å²) in [4.78, 5) is 18.7. The lowest BCUT2D eigenvalue weighted by Gasteiger charge is -2.13. The van der Waals surface area contributed by atoms with Crippen LogP contribution in [0.25, 0.3) is 0 Å². The second kappa shape index (κ2) is 6.72. The highest BCUT2D eigenvalue weighted by atomic mass is 16.5. The molecule has 0 saturated heterocycles. The van der Waals surface area contributed by atoms with Gasteiger partial charge in [-0.3, -0.25) is 4.79 Å². The fourth-order valence-electron chi connectivity index (χ4n) is 1.89. The summed E-state index contributed by atoms with van der Waals surface area (Å²) in [5.74, 6) is 0.542. The van der Waals surface area contributed by atoms with Crippen molar-refractivity contribution in [2.45, 2.75) is 19.0 Å². The van der Waals surface area contributed by atoms with Gasteiger partial charge in [-0.25, -0.2) is 4.98 Å². The minimum atomic E-state index is -0.606. The van der Waals surface area contributed by atoms with E-state index in [1.807, 2.05) is 24.3 Å². The summed E-state index contributed by atoms with van der Waals surface area (Å²) in [5.41, 5.74) is 7.60. The first kappa shape index (κ1) is 14.1. The van der Waals surface area contributed by atoms with Crippen molar-refractivity contribution in [3.8, 4) is 5.75 Å². The van der Waals surface area contributed by atoms with Crippen molar-refractivity contribution in [1.29, 1.82) is 0 Å². The number of methoxy groups -OCH3 is 1. The summed E-state index contributed by atoms with van der Waals surface area (Å²) >= 11 is 0. The number of hydrogen-bond donors (Lipinski definition) is 3. The molecule has 0 spiro atoms. The van der Waals surface area contributed by atoms with Gasteiger partial charge in [0.25, 0.3) is 0 Å². The monoisotopic (exact) mass is 274 g/mol. The third-order valence-corrected chi connectivity index (χ3v) is 2.98. The fourth-order valence-corrected chi connectivity index (χ4v) is 1.89. The largest absolute Gasteiger partial charge is 0.496 e. The van der Waals surface area contributed by atoms with E-state index >= 15 is 0 Å². The van der Waals surface area contributed by atoms with Crippen LogP contribution in [0, 0.1) is 0 Å². The Morgan fingerprint density at radius 3 is 3.00 bits per heavy atom. The number of amides is 1. The van der Waals surface area contributed by atoms with Gasteiger partial charge in [0.15, 0.2) is 0 Å². The van der Waals surface area contributed by atoms with Crippen LogP contribution in [-0.4, -0.2) is 29.0 Å². The van der Waals surface area contributed by atoms with E-state index in [1.165, 1.54) is 0 Å². The van der Waals surface area contributed by atoms with E-state index in [1.54, 1.807) is 19.6 Å². The molecule has 0 unspecified atom stereocenters. The summed E-state index contributed by atoms with van der Waals surface area (Å²) in [5, 5.41) is 2.81. The van der Waals surface area contributed by atoms with E-state index in [4.69, 9.17) is 10.5 Å². The summed E-state index contributed by atoms with van der Waals surface area (Å²) < 4.78 is 5.23. The van der Waals surface area contributed by atoms with E-state index in [9.17, 15) is 4.79 Å². The van der Waals surface area contributed by atoms with Gasteiger partial charge >= 0.3 is 0 Å². The van der Waals surface area contributed by atoms with Gasteiger partial charge in [-0.2, -0.15) is 0 Å². The number of nitrogens with one attached hydrogen (secondary N) is 2. The molecule has 0 aliphatic carbocycles. The number of carbonyl (C=O) groups is 1. The maximum atomic E-state index is 11.9. The van der Waals surface area contributed by atoms with Crippen LogP contribution in [0.15, 0.2) is 36.8 Å². The molecule has 2 aromatic rings. The summed E-state index contributed by atoms with van der Waals surface area (Å²) in [6.07, 6.45) is 3.65. The molecule has 1 aromatic heterocycles. The Bertz CT molecular complexity index is 554. The van der Waals surface area contributed by atoms with Gasteiger partial charge in [0.1, 0.15) is 5.75 Å². The number of ether oxygens (including phenoxy) is 1. The first-order valence-corrected chi connectivity index (χ1v) is 6.33. The van der Waals surface area contributed by atoms with Gasteiger partial charge in [0.2, 0.25) is 5.91 Å². The lowest BCUT2D eigenvalue weighted by Crippen LogP contribution is -2.41. The Hall–Kier alpha value is -2.34. The number of carbonyl (C=O) groups excluding carboxylic acids is 1. The Morgan fingerprint density at radius 1 is 1.50 bits per heavy atom. The van der Waals surface area contributed by atoms with Crippen LogP contribution < -0.4 is 15.8 Å². The fraction of sp³-hybridized carbons (Fsp3) is 0.286. The second-order valence-electron chi connectivity index (χ2n) is 4.42. The zero-order chi connectivity index (χ0) is 14.4. The van der Waals surface area contributed by atoms with E-state index in [-0.39, 0.29) is 5.91 Å². The average Bonchev–Trinajstić information content (AvgIpc) is 2.97. The number of nitrogens with two attached hydrogens (primary N) is 1. The number of rotatable bonds is 6. The molecule has 0 aliphatic rings. The zero-order valence-corrected chi connectivity index (χ0v) is 11.3. The number of benzene rings is 1. The number of para-hydroxylation sites is 1. The molecule has 0 radical (unpaired) electrons.